The van der Waals surface area contributed by atoms with E-state index in [1.165, 1.54) is 12.1 Å². The van der Waals surface area contributed by atoms with Crippen LogP contribution in [0.3, 0.4) is 0 Å². The molecule has 0 fully saturated rings. The van der Waals surface area contributed by atoms with Gasteiger partial charge in [-0.15, -0.1) is 0 Å². The van der Waals surface area contributed by atoms with Crippen LogP contribution in [0.25, 0.3) is 6.08 Å². The van der Waals surface area contributed by atoms with Gasteiger partial charge in [-0.3, -0.25) is 19.7 Å². The van der Waals surface area contributed by atoms with Crippen LogP contribution in [0.5, 0.6) is 0 Å². The summed E-state index contributed by atoms with van der Waals surface area (Å²) in [6, 6.07) is 20.3. The maximum absolute atomic E-state index is 13.2. The lowest BCUT2D eigenvalue weighted by atomic mass is 10.1. The lowest BCUT2D eigenvalue weighted by molar-refractivity contribution is -0.387. The van der Waals surface area contributed by atoms with Crippen LogP contribution in [0.15, 0.2) is 101 Å². The van der Waals surface area contributed by atoms with E-state index in [1.54, 1.807) is 54.9 Å². The number of rotatable bonds is 8. The van der Waals surface area contributed by atoms with Crippen LogP contribution < -0.4 is 10.6 Å². The topological polar surface area (TPSA) is 127 Å². The molecule has 0 aliphatic heterocycles. The van der Waals surface area contributed by atoms with Gasteiger partial charge in [0.25, 0.3) is 17.5 Å². The molecule has 38 heavy (non-hydrogen) atoms. The summed E-state index contributed by atoms with van der Waals surface area (Å²) >= 11 is 1.05. The quantitative estimate of drug-likeness (QED) is 0.0742. The number of nitro benzene ring substituents is 1. The first-order valence-corrected chi connectivity index (χ1v) is 12.3. The van der Waals surface area contributed by atoms with E-state index in [0.29, 0.717) is 27.0 Å². The zero-order valence-electron chi connectivity index (χ0n) is 20.5. The standard InChI is InChI=1S/C28H23N5O4S/c1-18-4-9-21(10-5-18)31-26(34)23(27(35)32-22-11-6-19(2)7-12-22)16-20-8-13-25(24(17-20)33(36)37)38-28-29-14-3-15-30-28/h3-17H,1-2H3,(H,31,34)(H,32,35). The molecule has 0 aliphatic rings. The number of carbonyl (C=O) groups is 2. The summed E-state index contributed by atoms with van der Waals surface area (Å²) < 4.78 is 0. The van der Waals surface area contributed by atoms with E-state index in [9.17, 15) is 19.7 Å². The van der Waals surface area contributed by atoms with Crippen LogP contribution >= 0.6 is 11.8 Å². The second-order valence-electron chi connectivity index (χ2n) is 8.32. The van der Waals surface area contributed by atoms with Crippen molar-refractivity contribution in [2.24, 2.45) is 0 Å². The summed E-state index contributed by atoms with van der Waals surface area (Å²) in [5, 5.41) is 17.6. The first-order valence-electron chi connectivity index (χ1n) is 11.5. The number of nitrogens with zero attached hydrogens (tertiary/aromatic N) is 3. The molecule has 0 saturated carbocycles. The Bertz CT molecular complexity index is 1440. The fourth-order valence-corrected chi connectivity index (χ4v) is 4.16. The molecule has 4 aromatic rings. The summed E-state index contributed by atoms with van der Waals surface area (Å²) in [7, 11) is 0. The molecule has 0 unspecified atom stereocenters. The maximum atomic E-state index is 13.2. The minimum absolute atomic E-state index is 0.201. The SMILES string of the molecule is Cc1ccc(NC(=O)C(=Cc2ccc(Sc3ncccn3)c([N+](=O)[O-])c2)C(=O)Nc2ccc(C)cc2)cc1. The lowest BCUT2D eigenvalue weighted by Crippen LogP contribution is -2.25. The minimum Gasteiger partial charge on any atom is -0.322 e. The average molecular weight is 526 g/mol. The number of aryl methyl sites for hydroxylation is 2. The minimum atomic E-state index is -0.655. The van der Waals surface area contributed by atoms with Gasteiger partial charge in [-0.1, -0.05) is 41.5 Å². The van der Waals surface area contributed by atoms with E-state index >= 15 is 0 Å². The predicted octanol–water partition coefficient (Wildman–Crippen LogP) is 5.81. The molecular formula is C28H23N5O4S. The molecule has 0 spiro atoms. The molecule has 0 saturated heterocycles. The Morgan fingerprint density at radius 1 is 0.842 bits per heavy atom. The van der Waals surface area contributed by atoms with Crippen molar-refractivity contribution in [1.82, 2.24) is 9.97 Å². The van der Waals surface area contributed by atoms with Gasteiger partial charge in [0.1, 0.15) is 5.57 Å². The molecule has 2 N–H and O–H groups in total. The van der Waals surface area contributed by atoms with Crippen LogP contribution in [0.2, 0.25) is 0 Å². The largest absolute Gasteiger partial charge is 0.322 e. The molecular weight excluding hydrogens is 502 g/mol. The van der Waals surface area contributed by atoms with E-state index in [1.807, 2.05) is 38.1 Å². The van der Waals surface area contributed by atoms with Gasteiger partial charge >= 0.3 is 0 Å². The predicted molar refractivity (Wildman–Crippen MR) is 147 cm³/mol. The summed E-state index contributed by atoms with van der Waals surface area (Å²) in [5.41, 5.74) is 2.94. The maximum Gasteiger partial charge on any atom is 0.283 e. The molecule has 1 aromatic heterocycles. The summed E-state index contributed by atoms with van der Waals surface area (Å²) in [6.07, 6.45) is 4.42. The van der Waals surface area contributed by atoms with Crippen molar-refractivity contribution in [3.05, 3.63) is 118 Å². The number of nitrogens with one attached hydrogen (secondary N) is 2. The van der Waals surface area contributed by atoms with Gasteiger partial charge in [0, 0.05) is 29.8 Å². The Morgan fingerprint density at radius 3 is 1.87 bits per heavy atom. The van der Waals surface area contributed by atoms with Gasteiger partial charge < -0.3 is 10.6 Å². The van der Waals surface area contributed by atoms with Crippen molar-refractivity contribution in [2.45, 2.75) is 23.9 Å². The lowest BCUT2D eigenvalue weighted by Gasteiger charge is -2.11. The zero-order valence-corrected chi connectivity index (χ0v) is 21.4. The van der Waals surface area contributed by atoms with Crippen molar-refractivity contribution in [3.63, 3.8) is 0 Å². The molecule has 3 aromatic carbocycles. The summed E-state index contributed by atoms with van der Waals surface area (Å²) in [6.45, 7) is 3.84. The molecule has 4 rings (SSSR count). The zero-order chi connectivity index (χ0) is 27.1. The highest BCUT2D eigenvalue weighted by molar-refractivity contribution is 7.99. The molecule has 1 heterocycles. The Balaban J connectivity index is 1.68. The monoisotopic (exact) mass is 525 g/mol. The highest BCUT2D eigenvalue weighted by Gasteiger charge is 2.21. The van der Waals surface area contributed by atoms with E-state index in [4.69, 9.17) is 0 Å². The van der Waals surface area contributed by atoms with Crippen molar-refractivity contribution >= 4 is 46.7 Å². The number of hydrogen-bond donors (Lipinski definition) is 2. The highest BCUT2D eigenvalue weighted by Crippen LogP contribution is 2.34. The second-order valence-corrected chi connectivity index (χ2v) is 9.33. The summed E-state index contributed by atoms with van der Waals surface area (Å²) in [5.74, 6) is -1.31. The fraction of sp³-hybridized carbons (Fsp3) is 0.0714. The van der Waals surface area contributed by atoms with Crippen LogP contribution in [-0.4, -0.2) is 26.7 Å². The van der Waals surface area contributed by atoms with Gasteiger partial charge in [0.2, 0.25) is 0 Å². The normalized spacial score (nSPS) is 10.4. The van der Waals surface area contributed by atoms with Gasteiger partial charge in [-0.2, -0.15) is 0 Å². The van der Waals surface area contributed by atoms with Crippen LogP contribution in [-0.2, 0) is 9.59 Å². The number of amides is 2. The van der Waals surface area contributed by atoms with Gasteiger partial charge in [-0.05, 0) is 73.6 Å². The molecule has 9 nitrogen and oxygen atoms in total. The van der Waals surface area contributed by atoms with E-state index in [-0.39, 0.29) is 11.3 Å². The van der Waals surface area contributed by atoms with Crippen molar-refractivity contribution < 1.29 is 14.5 Å². The first kappa shape index (κ1) is 26.2. The van der Waals surface area contributed by atoms with Crippen molar-refractivity contribution in [2.75, 3.05) is 10.6 Å². The number of benzene rings is 3. The van der Waals surface area contributed by atoms with Gasteiger partial charge in [-0.25, -0.2) is 9.97 Å². The number of aromatic nitrogens is 2. The van der Waals surface area contributed by atoms with Gasteiger partial charge in [0.15, 0.2) is 5.16 Å². The van der Waals surface area contributed by atoms with Gasteiger partial charge in [0.05, 0.1) is 9.82 Å². The number of carbonyl (C=O) groups excluding carboxylic acids is 2. The van der Waals surface area contributed by atoms with E-state index in [2.05, 4.69) is 20.6 Å². The van der Waals surface area contributed by atoms with E-state index < -0.39 is 16.7 Å². The third-order valence-electron chi connectivity index (χ3n) is 5.34. The molecule has 190 valence electrons. The average Bonchev–Trinajstić information content (AvgIpc) is 2.91. The van der Waals surface area contributed by atoms with E-state index in [0.717, 1.165) is 22.9 Å². The van der Waals surface area contributed by atoms with Crippen LogP contribution in [0.1, 0.15) is 16.7 Å². The Morgan fingerprint density at radius 2 is 1.37 bits per heavy atom. The number of hydrogen-bond acceptors (Lipinski definition) is 7. The van der Waals surface area contributed by atoms with Crippen molar-refractivity contribution in [3.8, 4) is 0 Å². The molecule has 0 bridgehead atoms. The molecule has 0 radical (unpaired) electrons. The third-order valence-corrected chi connectivity index (χ3v) is 6.30. The molecule has 10 heteroatoms. The van der Waals surface area contributed by atoms with Crippen LogP contribution in [0.4, 0.5) is 17.1 Å². The molecule has 2 amide bonds. The van der Waals surface area contributed by atoms with Crippen molar-refractivity contribution in [1.29, 1.82) is 0 Å². The number of anilines is 2. The third kappa shape index (κ3) is 6.89. The number of nitro groups is 1. The Labute approximate surface area is 223 Å². The molecule has 0 atom stereocenters. The summed E-state index contributed by atoms with van der Waals surface area (Å²) in [4.78, 5) is 46.3. The second kappa shape index (κ2) is 11.9. The fourth-order valence-electron chi connectivity index (χ4n) is 3.36. The molecule has 0 aliphatic carbocycles. The smallest absolute Gasteiger partial charge is 0.283 e. The highest BCUT2D eigenvalue weighted by atomic mass is 32.2. The Hall–Kier alpha value is -4.83. The first-order chi connectivity index (χ1) is 18.3. The van der Waals surface area contributed by atoms with Crippen LogP contribution in [0, 0.1) is 24.0 Å². The Kier molecular flexibility index (Phi) is 8.24.